The van der Waals surface area contributed by atoms with Crippen molar-refractivity contribution in [3.63, 3.8) is 0 Å². The summed E-state index contributed by atoms with van der Waals surface area (Å²) in [5, 5.41) is 0. The molecule has 0 aromatic heterocycles. The van der Waals surface area contributed by atoms with Gasteiger partial charge < -0.3 is 14.9 Å². The van der Waals surface area contributed by atoms with Crippen LogP contribution in [0.1, 0.15) is 13.8 Å². The number of rotatable bonds is 1. The van der Waals surface area contributed by atoms with Crippen LogP contribution in [-0.4, -0.2) is 4.61 Å². The van der Waals surface area contributed by atoms with Crippen molar-refractivity contribution in [1.29, 1.82) is 0 Å². The van der Waals surface area contributed by atoms with Gasteiger partial charge in [0.05, 0.1) is 0 Å². The topological polar surface area (TPSA) is 0 Å². The Labute approximate surface area is 70.5 Å². The molecular weight excluding hydrogens is 221 g/mol. The first-order valence-electron chi connectivity index (χ1n) is 1.96. The van der Waals surface area contributed by atoms with Gasteiger partial charge in [-0.25, -0.2) is 0 Å². The Bertz CT molecular complexity index is 91.1. The Kier molecular flexibility index (Phi) is 20.5. The molecule has 0 aliphatic carbocycles. The summed E-state index contributed by atoms with van der Waals surface area (Å²) >= 11 is -0.0150. The van der Waals surface area contributed by atoms with Gasteiger partial charge in [-0.3, -0.25) is 0 Å². The Morgan fingerprint density at radius 1 is 1.33 bits per heavy atom. The molecule has 0 heterocycles. The predicted octanol–water partition coefficient (Wildman–Crippen LogP) is 2.89. The van der Waals surface area contributed by atoms with Crippen LogP contribution in [0.4, 0.5) is 0 Å². The Morgan fingerprint density at radius 3 is 1.89 bits per heavy atom. The van der Waals surface area contributed by atoms with Crippen LogP contribution in [0.15, 0.2) is 11.6 Å². The standard InChI is InChI=1S/C5H8.2CH3.ClH.Ru/c1-4-5(2)3;;;;/h1,4H,2-3H3;2*1H3;1H;/q;2*-1;;+1/p-1. The number of halogens is 1. The molecule has 0 N–H and O–H groups in total. The molecule has 0 aliphatic rings. The largest absolute Gasteiger partial charge is 0.358 e. The first-order chi connectivity index (χ1) is 3.27. The molecular formula is C7H14ClRu-2. The molecule has 2 heteroatoms. The first-order valence-corrected chi connectivity index (χ1v) is 5.20. The van der Waals surface area contributed by atoms with Crippen LogP contribution < -0.4 is 0 Å². The van der Waals surface area contributed by atoms with Gasteiger partial charge in [0.15, 0.2) is 0 Å². The summed E-state index contributed by atoms with van der Waals surface area (Å²) in [6, 6.07) is 0. The quantitative estimate of drug-likeness (QED) is 0.484. The second-order valence-electron chi connectivity index (χ2n) is 1.44. The van der Waals surface area contributed by atoms with Crippen molar-refractivity contribution in [3.8, 4) is 0 Å². The van der Waals surface area contributed by atoms with Crippen molar-refractivity contribution >= 4 is 14.3 Å². The van der Waals surface area contributed by atoms with E-state index in [-0.39, 0.29) is 30.5 Å². The number of allylic oxidation sites excluding steroid dienone is 2. The van der Waals surface area contributed by atoms with Crippen molar-refractivity contribution in [2.45, 2.75) is 13.8 Å². The van der Waals surface area contributed by atoms with Crippen LogP contribution in [-0.2, 0) is 15.7 Å². The fraction of sp³-hybridized carbons (Fsp3) is 0.286. The van der Waals surface area contributed by atoms with E-state index >= 15 is 0 Å². The Hall–Kier alpha value is 0.523. The molecule has 0 fully saturated rings. The average molecular weight is 235 g/mol. The monoisotopic (exact) mass is 235 g/mol. The summed E-state index contributed by atoms with van der Waals surface area (Å²) in [5.41, 5.74) is 1.31. The molecule has 0 radical (unpaired) electrons. The van der Waals surface area contributed by atoms with Crippen molar-refractivity contribution in [2.24, 2.45) is 0 Å². The SMILES string of the molecule is CC(C)=C[CH]=[Ru][Cl].[CH3-].[CH3-]. The third-order valence-electron chi connectivity index (χ3n) is 0.437. The molecule has 0 aromatic carbocycles. The molecule has 0 rings (SSSR count). The van der Waals surface area contributed by atoms with E-state index in [1.54, 1.807) is 0 Å². The maximum Gasteiger partial charge on any atom is -0.358 e. The predicted molar refractivity (Wildman–Crippen MR) is 44.2 cm³/mol. The minimum absolute atomic E-state index is 0. The second-order valence-corrected chi connectivity index (χ2v) is 3.31. The molecule has 0 spiro atoms. The minimum Gasteiger partial charge on any atom is -0.358 e. The van der Waals surface area contributed by atoms with Crippen LogP contribution in [0.2, 0.25) is 0 Å². The third-order valence-corrected chi connectivity index (χ3v) is 1.47. The van der Waals surface area contributed by atoms with Gasteiger partial charge in [0, 0.05) is 0 Å². The summed E-state index contributed by atoms with van der Waals surface area (Å²) in [4.78, 5) is 0. The van der Waals surface area contributed by atoms with Gasteiger partial charge in [0.2, 0.25) is 0 Å². The summed E-state index contributed by atoms with van der Waals surface area (Å²) in [6.45, 7) is 4.12. The number of hydrogen-bond donors (Lipinski definition) is 0. The molecule has 0 saturated heterocycles. The average Bonchev–Trinajstić information content (AvgIpc) is 1.61. The van der Waals surface area contributed by atoms with Gasteiger partial charge in [0.25, 0.3) is 0 Å². The van der Waals surface area contributed by atoms with Crippen LogP contribution in [0.3, 0.4) is 0 Å². The fourth-order valence-corrected chi connectivity index (χ4v) is 1.09. The fourth-order valence-electron chi connectivity index (χ4n) is 0.140. The molecule has 0 amide bonds. The zero-order valence-corrected chi connectivity index (χ0v) is 8.88. The van der Waals surface area contributed by atoms with Crippen molar-refractivity contribution in [3.05, 3.63) is 26.5 Å². The van der Waals surface area contributed by atoms with E-state index < -0.39 is 0 Å². The zero-order chi connectivity index (χ0) is 5.70. The van der Waals surface area contributed by atoms with Crippen LogP contribution in [0, 0.1) is 14.9 Å². The van der Waals surface area contributed by atoms with Gasteiger partial charge in [-0.05, 0) is 0 Å². The minimum atomic E-state index is -0.0150. The van der Waals surface area contributed by atoms with Crippen LogP contribution in [0.25, 0.3) is 0 Å². The van der Waals surface area contributed by atoms with E-state index in [4.69, 9.17) is 9.69 Å². The summed E-state index contributed by atoms with van der Waals surface area (Å²) in [6.07, 6.45) is 2.05. The van der Waals surface area contributed by atoms with Crippen LogP contribution >= 0.6 is 9.69 Å². The van der Waals surface area contributed by atoms with Crippen molar-refractivity contribution < 1.29 is 15.7 Å². The third kappa shape index (κ3) is 17.7. The molecule has 0 unspecified atom stereocenters. The van der Waals surface area contributed by atoms with E-state index in [9.17, 15) is 0 Å². The molecule has 0 bridgehead atoms. The van der Waals surface area contributed by atoms with Gasteiger partial charge in [-0.15, -0.1) is 0 Å². The van der Waals surface area contributed by atoms with Gasteiger partial charge in [0.1, 0.15) is 0 Å². The summed E-state index contributed by atoms with van der Waals surface area (Å²) < 4.78 is 2.02. The van der Waals surface area contributed by atoms with Gasteiger partial charge >= 0.3 is 55.5 Å². The first kappa shape index (κ1) is 16.3. The molecule has 0 aliphatic heterocycles. The number of hydrogen-bond acceptors (Lipinski definition) is 0. The van der Waals surface area contributed by atoms with E-state index in [0.717, 1.165) is 0 Å². The summed E-state index contributed by atoms with van der Waals surface area (Å²) in [5.74, 6) is 0. The van der Waals surface area contributed by atoms with Gasteiger partial charge in [-0.1, -0.05) is 0 Å². The van der Waals surface area contributed by atoms with Crippen molar-refractivity contribution in [2.75, 3.05) is 0 Å². The van der Waals surface area contributed by atoms with Crippen LogP contribution in [0.5, 0.6) is 0 Å². The molecule has 9 heavy (non-hydrogen) atoms. The molecule has 0 saturated carbocycles. The molecule has 0 aromatic rings. The van der Waals surface area contributed by atoms with Gasteiger partial charge in [-0.2, -0.15) is 0 Å². The summed E-state index contributed by atoms with van der Waals surface area (Å²) in [7, 11) is 5.44. The Balaban J connectivity index is -0.000000180. The molecule has 0 nitrogen and oxygen atoms in total. The zero-order valence-electron chi connectivity index (χ0n) is 6.39. The maximum absolute atomic E-state index is 5.44. The smallest absolute Gasteiger partial charge is 0.358 e. The van der Waals surface area contributed by atoms with E-state index in [0.29, 0.717) is 0 Å². The van der Waals surface area contributed by atoms with Crippen molar-refractivity contribution in [1.82, 2.24) is 0 Å². The van der Waals surface area contributed by atoms with E-state index in [1.165, 1.54) is 5.57 Å². The van der Waals surface area contributed by atoms with E-state index in [1.807, 2.05) is 10.7 Å². The maximum atomic E-state index is 5.44. The van der Waals surface area contributed by atoms with E-state index in [2.05, 4.69) is 13.8 Å². The normalized spacial score (nSPS) is 8.33. The molecule has 59 valence electrons. The molecule has 0 atom stereocenters. The Morgan fingerprint density at radius 2 is 1.78 bits per heavy atom. The second kappa shape index (κ2) is 11.3.